The average molecular weight is 934 g/mol. The van der Waals surface area contributed by atoms with Gasteiger partial charge in [0.15, 0.2) is 0 Å². The van der Waals surface area contributed by atoms with Gasteiger partial charge in [0.05, 0.1) is 46.6 Å². The number of halogens is 1. The van der Waals surface area contributed by atoms with E-state index in [0.29, 0.717) is 73.1 Å². The first-order valence-electron chi connectivity index (χ1n) is 24.4. The molecule has 5 fully saturated rings. The molecule has 3 atom stereocenters. The van der Waals surface area contributed by atoms with Crippen LogP contribution in [0.4, 0.5) is 27.7 Å². The summed E-state index contributed by atoms with van der Waals surface area (Å²) in [7, 11) is 1.54. The van der Waals surface area contributed by atoms with Gasteiger partial charge in [0.1, 0.15) is 23.8 Å². The highest BCUT2D eigenvalue weighted by Crippen LogP contribution is 2.37. The molecule has 0 spiro atoms. The minimum Gasteiger partial charge on any atom is -0.378 e. The minimum absolute atomic E-state index is 0.0682. The van der Waals surface area contributed by atoms with Crippen molar-refractivity contribution in [2.24, 2.45) is 0 Å². The molecule has 1 saturated carbocycles. The van der Waals surface area contributed by atoms with Gasteiger partial charge in [-0.1, -0.05) is 18.9 Å². The fourth-order valence-electron chi connectivity index (χ4n) is 11.0. The zero-order valence-corrected chi connectivity index (χ0v) is 38.5. The predicted octanol–water partition coefficient (Wildman–Crippen LogP) is 4.92. The third kappa shape index (κ3) is 9.39. The van der Waals surface area contributed by atoms with Gasteiger partial charge in [-0.2, -0.15) is 4.98 Å². The van der Waals surface area contributed by atoms with E-state index >= 15 is 0 Å². The Morgan fingerprint density at radius 1 is 0.897 bits per heavy atom. The van der Waals surface area contributed by atoms with Crippen LogP contribution in [0.15, 0.2) is 48.9 Å². The summed E-state index contributed by atoms with van der Waals surface area (Å²) in [6.45, 7) is 5.43. The number of pyridine rings is 1. The molecule has 4 aromatic rings. The number of ether oxygens (including phenoxy) is 2. The number of likely N-dealkylation sites (tertiary alicyclic amines) is 1. The molecule has 6 aliphatic rings. The Labute approximate surface area is 394 Å². The van der Waals surface area contributed by atoms with Gasteiger partial charge in [-0.05, 0) is 76.0 Å². The van der Waals surface area contributed by atoms with Gasteiger partial charge in [0, 0.05) is 102 Å². The number of carbonyl (C=O) groups excluding carboxylic acids is 5. The standard InChI is InChI=1S/C49H60FN11O7/c1-67-40-17-24-59(29-36(40)50)49-51-18-12-41(55-49)54-42-26-39-34(27-52-42)35(28-60(39)31-6-2-3-7-31)45(63)53-30-13-20-57(21-14-30)19-5-25-68-32-15-22-58(23-16-32)37-9-4-8-33-44(37)48(66)61(47(33)65)38-10-11-43(62)56-46(38)64/h4,8-9,12,18,26-28,30-32,36,38,40H,2-3,5-7,10-11,13-17,19-25,29H2,1H3,(H,53,63)(H,56,62,64)(H,51,52,54,55)/t36-,38?,40+/m0/s1. The van der Waals surface area contributed by atoms with Crippen molar-refractivity contribution in [1.82, 2.24) is 40.0 Å². The molecular weight excluding hydrogens is 874 g/mol. The molecule has 19 heteroatoms. The molecule has 0 bridgehead atoms. The number of imide groups is 2. The van der Waals surface area contributed by atoms with Crippen molar-refractivity contribution < 1.29 is 37.8 Å². The van der Waals surface area contributed by atoms with Crippen LogP contribution in [0.2, 0.25) is 0 Å². The number of amides is 5. The van der Waals surface area contributed by atoms with Gasteiger partial charge in [-0.3, -0.25) is 34.2 Å². The van der Waals surface area contributed by atoms with Gasteiger partial charge in [-0.15, -0.1) is 0 Å². The quantitative estimate of drug-likeness (QED) is 0.114. The maximum atomic E-state index is 14.7. The van der Waals surface area contributed by atoms with E-state index in [-0.39, 0.29) is 43.0 Å². The third-order valence-corrected chi connectivity index (χ3v) is 14.8. The van der Waals surface area contributed by atoms with E-state index in [4.69, 9.17) is 14.5 Å². The van der Waals surface area contributed by atoms with Crippen LogP contribution in [-0.2, 0) is 19.1 Å². The summed E-state index contributed by atoms with van der Waals surface area (Å²) < 4.78 is 28.5. The zero-order chi connectivity index (χ0) is 46.9. The normalized spacial score (nSPS) is 23.4. The predicted molar refractivity (Wildman–Crippen MR) is 251 cm³/mol. The van der Waals surface area contributed by atoms with Crippen LogP contribution in [0.1, 0.15) is 114 Å². The molecule has 4 saturated heterocycles. The van der Waals surface area contributed by atoms with E-state index < -0.39 is 41.9 Å². The number of hydrogen-bond acceptors (Lipinski definition) is 14. The first-order valence-corrected chi connectivity index (χ1v) is 24.4. The molecule has 5 amide bonds. The highest BCUT2D eigenvalue weighted by atomic mass is 19.1. The minimum atomic E-state index is -1.12. The van der Waals surface area contributed by atoms with E-state index in [0.717, 1.165) is 93.2 Å². The number of anilines is 4. The van der Waals surface area contributed by atoms with Crippen molar-refractivity contribution in [3.05, 3.63) is 65.6 Å². The number of nitrogens with zero attached hydrogens (tertiary/aromatic N) is 8. The summed E-state index contributed by atoms with van der Waals surface area (Å²) in [5.74, 6) is -0.487. The number of benzene rings is 1. The Hall–Kier alpha value is -6.05. The van der Waals surface area contributed by atoms with Gasteiger partial charge >= 0.3 is 0 Å². The molecule has 10 rings (SSSR count). The van der Waals surface area contributed by atoms with E-state index in [1.807, 2.05) is 23.2 Å². The molecular formula is C49H60FN11O7. The van der Waals surface area contributed by atoms with Crippen LogP contribution in [0.3, 0.4) is 0 Å². The molecule has 8 heterocycles. The van der Waals surface area contributed by atoms with Crippen LogP contribution in [0, 0.1) is 0 Å². The number of carbonyl (C=O) groups is 5. The Balaban J connectivity index is 0.684. The summed E-state index contributed by atoms with van der Waals surface area (Å²) in [5.41, 5.74) is 2.88. The highest BCUT2D eigenvalue weighted by Gasteiger charge is 2.46. The van der Waals surface area contributed by atoms with Crippen LogP contribution in [0.5, 0.6) is 0 Å². The molecule has 1 aliphatic carbocycles. The van der Waals surface area contributed by atoms with Crippen molar-refractivity contribution in [1.29, 1.82) is 0 Å². The van der Waals surface area contributed by atoms with Crippen molar-refractivity contribution in [3.8, 4) is 0 Å². The second-order valence-electron chi connectivity index (χ2n) is 19.0. The number of piperidine rings is 4. The second-order valence-corrected chi connectivity index (χ2v) is 19.0. The number of nitrogens with one attached hydrogen (secondary N) is 3. The van der Waals surface area contributed by atoms with E-state index in [9.17, 15) is 28.4 Å². The summed E-state index contributed by atoms with van der Waals surface area (Å²) in [6, 6.07) is 8.39. The van der Waals surface area contributed by atoms with Crippen LogP contribution >= 0.6 is 0 Å². The average Bonchev–Trinajstić information content (AvgIpc) is 4.08. The number of hydrogen-bond donors (Lipinski definition) is 3. The Morgan fingerprint density at radius 3 is 2.46 bits per heavy atom. The first kappa shape index (κ1) is 45.7. The van der Waals surface area contributed by atoms with E-state index in [1.165, 1.54) is 7.11 Å². The molecule has 0 radical (unpaired) electrons. The number of rotatable bonds is 14. The largest absolute Gasteiger partial charge is 0.378 e. The molecule has 18 nitrogen and oxygen atoms in total. The number of fused-ring (bicyclic) bond motifs is 2. The SMILES string of the molecule is CO[C@@H]1CCN(c2nccc(Nc3cc4c(cn3)c(C(=O)NC3CCN(CCCOC5CCN(c6cccc7c6C(=O)N(C6CCC(=O)NC6=O)C7=O)CC5)CC3)cn4C3CCCC3)n2)C[C@@H]1F. The van der Waals surface area contributed by atoms with Gasteiger partial charge in [0.25, 0.3) is 17.7 Å². The summed E-state index contributed by atoms with van der Waals surface area (Å²) in [6.07, 6.45) is 13.4. The fraction of sp³-hybridized carbons (Fsp3) is 0.551. The summed E-state index contributed by atoms with van der Waals surface area (Å²) >= 11 is 0. The lowest BCUT2D eigenvalue weighted by Crippen LogP contribution is -2.54. The van der Waals surface area contributed by atoms with Crippen LogP contribution in [-0.4, -0.2) is 149 Å². The Bertz CT molecular complexity index is 2550. The number of methoxy groups -OCH3 is 1. The van der Waals surface area contributed by atoms with E-state index in [2.05, 4.69) is 40.3 Å². The van der Waals surface area contributed by atoms with Gasteiger partial charge in [-0.25, -0.2) is 14.4 Å². The molecule has 5 aliphatic heterocycles. The van der Waals surface area contributed by atoms with Crippen molar-refractivity contribution in [2.75, 3.05) is 74.6 Å². The maximum absolute atomic E-state index is 14.7. The Morgan fingerprint density at radius 2 is 1.69 bits per heavy atom. The maximum Gasteiger partial charge on any atom is 0.264 e. The molecule has 68 heavy (non-hydrogen) atoms. The monoisotopic (exact) mass is 933 g/mol. The van der Waals surface area contributed by atoms with Crippen molar-refractivity contribution in [3.63, 3.8) is 0 Å². The number of aromatic nitrogens is 4. The summed E-state index contributed by atoms with van der Waals surface area (Å²) in [5, 5.41) is 9.74. The fourth-order valence-corrected chi connectivity index (χ4v) is 11.0. The lowest BCUT2D eigenvalue weighted by atomic mass is 10.0. The molecule has 3 aromatic heterocycles. The first-order chi connectivity index (χ1) is 33.1. The summed E-state index contributed by atoms with van der Waals surface area (Å²) in [4.78, 5) is 86.5. The third-order valence-electron chi connectivity index (χ3n) is 14.8. The molecule has 1 aromatic carbocycles. The smallest absolute Gasteiger partial charge is 0.264 e. The van der Waals surface area contributed by atoms with Crippen molar-refractivity contribution >= 4 is 63.7 Å². The second kappa shape index (κ2) is 19.9. The lowest BCUT2D eigenvalue weighted by Gasteiger charge is -2.35. The van der Waals surface area contributed by atoms with Crippen LogP contribution in [0.25, 0.3) is 10.9 Å². The molecule has 360 valence electrons. The van der Waals surface area contributed by atoms with Gasteiger partial charge in [0.2, 0.25) is 17.8 Å². The van der Waals surface area contributed by atoms with Gasteiger partial charge < -0.3 is 39.4 Å². The highest BCUT2D eigenvalue weighted by molar-refractivity contribution is 6.25. The zero-order valence-electron chi connectivity index (χ0n) is 38.5. The molecule has 3 N–H and O–H groups in total. The van der Waals surface area contributed by atoms with Crippen molar-refractivity contribution in [2.45, 2.75) is 114 Å². The van der Waals surface area contributed by atoms with Crippen LogP contribution < -0.4 is 25.8 Å². The topological polar surface area (TPSA) is 196 Å². The lowest BCUT2D eigenvalue weighted by molar-refractivity contribution is -0.136. The van der Waals surface area contributed by atoms with E-state index in [1.54, 1.807) is 30.6 Å². The Kier molecular flexibility index (Phi) is 13.4. The molecule has 1 unspecified atom stereocenters. The number of alkyl halides is 1.